The third kappa shape index (κ3) is 4.28. The molecule has 6 nitrogen and oxygen atoms in total. The number of carbonyl (C=O) groups excluding carboxylic acids is 2. The normalized spacial score (nSPS) is 15.8. The van der Waals surface area contributed by atoms with Crippen molar-refractivity contribution < 1.29 is 29.3 Å². The molecule has 2 unspecified atom stereocenters. The lowest BCUT2D eigenvalue weighted by molar-refractivity contribution is -0.230. The van der Waals surface area contributed by atoms with Crippen LogP contribution in [-0.2, 0) is 40.9 Å². The molecule has 0 heterocycles. The van der Waals surface area contributed by atoms with E-state index in [4.69, 9.17) is 9.47 Å². The summed E-state index contributed by atoms with van der Waals surface area (Å²) < 4.78 is 9.38. The van der Waals surface area contributed by atoms with Crippen LogP contribution in [0.25, 0.3) is 0 Å². The van der Waals surface area contributed by atoms with Crippen LogP contribution in [0.2, 0.25) is 0 Å². The predicted molar refractivity (Wildman–Crippen MR) is 75.1 cm³/mol. The van der Waals surface area contributed by atoms with Gasteiger partial charge in [-0.2, -0.15) is 10.2 Å². The molecule has 116 valence electrons. The lowest BCUT2D eigenvalue weighted by Crippen LogP contribution is -2.28. The average Bonchev–Trinajstić information content (AvgIpc) is 2.46. The number of benzene rings is 1. The Morgan fingerprint density at radius 3 is 1.36 bits per heavy atom. The summed E-state index contributed by atoms with van der Waals surface area (Å²) in [6.45, 7) is 8.75. The molecule has 22 heavy (non-hydrogen) atoms. The third-order valence-corrected chi connectivity index (χ3v) is 2.86. The maximum Gasteiger partial charge on any atom is 0.332 e. The van der Waals surface area contributed by atoms with E-state index in [1.54, 1.807) is 0 Å². The zero-order valence-electron chi connectivity index (χ0n) is 12.3. The van der Waals surface area contributed by atoms with Crippen molar-refractivity contribution in [3.63, 3.8) is 0 Å². The quantitative estimate of drug-likeness (QED) is 0.458. The second-order valence-electron chi connectivity index (χ2n) is 4.72. The van der Waals surface area contributed by atoms with Gasteiger partial charge in [0, 0.05) is 37.1 Å². The first-order valence-electron chi connectivity index (χ1n) is 6.35. The minimum Gasteiger partial charge on any atom is -0.423 e. The lowest BCUT2D eigenvalue weighted by atomic mass is 10.0. The fourth-order valence-electron chi connectivity index (χ4n) is 1.66. The first-order chi connectivity index (χ1) is 10.1. The highest BCUT2D eigenvalue weighted by atomic mass is 16.7. The molecule has 0 amide bonds. The molecule has 0 fully saturated rings. The van der Waals surface area contributed by atoms with Crippen molar-refractivity contribution >= 4 is 11.9 Å². The topological polar surface area (TPSA) is 92.4 Å². The van der Waals surface area contributed by atoms with E-state index in [0.717, 1.165) is 26.0 Å². The van der Waals surface area contributed by atoms with E-state index in [1.165, 1.54) is 24.3 Å². The van der Waals surface area contributed by atoms with E-state index in [1.807, 2.05) is 0 Å². The van der Waals surface area contributed by atoms with Crippen LogP contribution in [-0.4, -0.2) is 11.9 Å². The van der Waals surface area contributed by atoms with Crippen LogP contribution in [0.4, 0.5) is 0 Å². The van der Waals surface area contributed by atoms with Gasteiger partial charge in [0.15, 0.2) is 0 Å². The molecule has 1 aromatic carbocycles. The summed E-state index contributed by atoms with van der Waals surface area (Å²) in [6.07, 6.45) is 1.77. The summed E-state index contributed by atoms with van der Waals surface area (Å²) in [5, 5.41) is 24.4. The standard InChI is InChI=1S/C16H16O6/c1-5-13(17)21-15(3,19)11-7-9-12(10-8-11)16(4,20)22-14(18)6-2/h5-10H,1-2H2,3-4H3. The molecule has 2 atom stereocenters. The van der Waals surface area contributed by atoms with Crippen LogP contribution in [0.15, 0.2) is 49.6 Å². The monoisotopic (exact) mass is 304 g/mol. The maximum absolute atomic E-state index is 12.2. The minimum atomic E-state index is -2.12. The Hall–Kier alpha value is -2.44. The Morgan fingerprint density at radius 1 is 0.864 bits per heavy atom. The second kappa shape index (κ2) is 6.55. The SMILES string of the molecule is C=CC(=O)OC(C)([O])c1ccc(C(C)([O])OC(=O)C=C)cc1. The zero-order chi connectivity index (χ0) is 17.0. The van der Waals surface area contributed by atoms with Crippen molar-refractivity contribution in [1.82, 2.24) is 0 Å². The van der Waals surface area contributed by atoms with Crippen LogP contribution >= 0.6 is 0 Å². The van der Waals surface area contributed by atoms with Gasteiger partial charge in [0.25, 0.3) is 11.6 Å². The van der Waals surface area contributed by atoms with Crippen LogP contribution in [0, 0.1) is 0 Å². The number of rotatable bonds is 6. The molecule has 0 aliphatic heterocycles. The van der Waals surface area contributed by atoms with Gasteiger partial charge in [-0.25, -0.2) is 9.59 Å². The van der Waals surface area contributed by atoms with Gasteiger partial charge in [-0.05, 0) is 0 Å². The second-order valence-corrected chi connectivity index (χ2v) is 4.72. The van der Waals surface area contributed by atoms with Crippen LogP contribution in [0.5, 0.6) is 0 Å². The van der Waals surface area contributed by atoms with E-state index in [0.29, 0.717) is 0 Å². The molecular weight excluding hydrogens is 288 g/mol. The Morgan fingerprint density at radius 2 is 1.14 bits per heavy atom. The van der Waals surface area contributed by atoms with Gasteiger partial charge in [-0.1, -0.05) is 37.4 Å². The summed E-state index contributed by atoms with van der Waals surface area (Å²) in [7, 11) is 0. The van der Waals surface area contributed by atoms with E-state index in [2.05, 4.69) is 13.2 Å². The number of carbonyl (C=O) groups is 2. The Balaban J connectivity index is 2.99. The van der Waals surface area contributed by atoms with E-state index < -0.39 is 23.5 Å². The van der Waals surface area contributed by atoms with Crippen molar-refractivity contribution in [2.75, 3.05) is 0 Å². The Kier molecular flexibility index (Phi) is 5.24. The molecule has 0 aliphatic carbocycles. The molecule has 6 heteroatoms. The molecule has 0 N–H and O–H groups in total. The summed E-state index contributed by atoms with van der Waals surface area (Å²) in [6, 6.07) is 5.32. The molecule has 0 aromatic heterocycles. The predicted octanol–water partition coefficient (Wildman–Crippen LogP) is 2.35. The summed E-state index contributed by atoms with van der Waals surface area (Å²) in [5.74, 6) is -5.95. The van der Waals surface area contributed by atoms with E-state index in [-0.39, 0.29) is 11.1 Å². The smallest absolute Gasteiger partial charge is 0.332 e. The molecule has 0 saturated carbocycles. The molecule has 1 aromatic rings. The van der Waals surface area contributed by atoms with Crippen molar-refractivity contribution in [2.45, 2.75) is 25.4 Å². The van der Waals surface area contributed by atoms with E-state index >= 15 is 0 Å². The minimum absolute atomic E-state index is 0.136. The van der Waals surface area contributed by atoms with Crippen molar-refractivity contribution in [1.29, 1.82) is 0 Å². The number of esters is 2. The third-order valence-electron chi connectivity index (χ3n) is 2.86. The molecule has 0 spiro atoms. The number of ether oxygens (including phenoxy) is 2. The zero-order valence-corrected chi connectivity index (χ0v) is 12.3. The van der Waals surface area contributed by atoms with E-state index in [9.17, 15) is 19.8 Å². The van der Waals surface area contributed by atoms with Gasteiger partial charge in [0.2, 0.25) is 0 Å². The van der Waals surface area contributed by atoms with Gasteiger partial charge in [0.05, 0.1) is 0 Å². The van der Waals surface area contributed by atoms with Crippen molar-refractivity contribution in [2.24, 2.45) is 0 Å². The molecule has 0 saturated heterocycles. The summed E-state index contributed by atoms with van der Waals surface area (Å²) in [4.78, 5) is 22.2. The fraction of sp³-hybridized carbons (Fsp3) is 0.250. The summed E-state index contributed by atoms with van der Waals surface area (Å²) >= 11 is 0. The van der Waals surface area contributed by atoms with Crippen LogP contribution < -0.4 is 0 Å². The van der Waals surface area contributed by atoms with Crippen molar-refractivity contribution in [3.05, 3.63) is 60.7 Å². The highest BCUT2D eigenvalue weighted by molar-refractivity contribution is 5.82. The molecule has 2 radical (unpaired) electrons. The summed E-state index contributed by atoms with van der Waals surface area (Å²) in [5.41, 5.74) is 0.273. The molecule has 0 bridgehead atoms. The average molecular weight is 304 g/mol. The van der Waals surface area contributed by atoms with Gasteiger partial charge < -0.3 is 9.47 Å². The Labute approximate surface area is 128 Å². The van der Waals surface area contributed by atoms with Gasteiger partial charge in [-0.15, -0.1) is 0 Å². The lowest BCUT2D eigenvalue weighted by Gasteiger charge is -2.23. The highest BCUT2D eigenvalue weighted by Gasteiger charge is 2.32. The number of hydrogen-bond acceptors (Lipinski definition) is 4. The first-order valence-corrected chi connectivity index (χ1v) is 6.35. The van der Waals surface area contributed by atoms with Crippen LogP contribution in [0.1, 0.15) is 25.0 Å². The van der Waals surface area contributed by atoms with Gasteiger partial charge >= 0.3 is 11.9 Å². The maximum atomic E-state index is 12.2. The van der Waals surface area contributed by atoms with Gasteiger partial charge in [-0.3, -0.25) is 0 Å². The highest BCUT2D eigenvalue weighted by Crippen LogP contribution is 2.28. The molecular formula is C16H16O6. The van der Waals surface area contributed by atoms with Gasteiger partial charge in [0.1, 0.15) is 0 Å². The molecule has 0 aliphatic rings. The fourth-order valence-corrected chi connectivity index (χ4v) is 1.66. The number of hydrogen-bond donors (Lipinski definition) is 0. The van der Waals surface area contributed by atoms with Crippen molar-refractivity contribution in [3.8, 4) is 0 Å². The largest absolute Gasteiger partial charge is 0.423 e. The van der Waals surface area contributed by atoms with Crippen LogP contribution in [0.3, 0.4) is 0 Å². The first kappa shape index (κ1) is 17.6. The molecule has 1 rings (SSSR count). The Bertz CT molecular complexity index is 530.